The third-order valence-corrected chi connectivity index (χ3v) is 2.38. The first-order chi connectivity index (χ1) is 8.13. The molecule has 0 aliphatic carbocycles. The van der Waals surface area contributed by atoms with Crippen LogP contribution in [0.25, 0.3) is 0 Å². The topological polar surface area (TPSA) is 100 Å². The Morgan fingerprint density at radius 2 is 2.35 bits per heavy atom. The second kappa shape index (κ2) is 6.85. The number of carbonyl (C=O) groups is 2. The van der Waals surface area contributed by atoms with Crippen LogP contribution in [0.2, 0.25) is 0 Å². The van der Waals surface area contributed by atoms with E-state index in [9.17, 15) is 9.59 Å². The maximum atomic E-state index is 11.3. The van der Waals surface area contributed by atoms with Gasteiger partial charge in [0.2, 0.25) is 0 Å². The number of ether oxygens (including phenoxy) is 1. The number of rotatable bonds is 5. The molecule has 1 saturated heterocycles. The zero-order valence-electron chi connectivity index (χ0n) is 9.73. The molecule has 17 heavy (non-hydrogen) atoms. The number of esters is 1. The number of nitrogens with zero attached hydrogens (tertiary/aromatic N) is 1. The predicted octanol–water partition coefficient (Wildman–Crippen LogP) is -0.404. The Hall–Kier alpha value is -1.63. The van der Waals surface area contributed by atoms with Gasteiger partial charge in [0.15, 0.2) is 6.61 Å². The lowest BCUT2D eigenvalue weighted by molar-refractivity contribution is -0.157. The molecular weight excluding hydrogens is 226 g/mol. The van der Waals surface area contributed by atoms with Gasteiger partial charge in [-0.3, -0.25) is 20.5 Å². The fourth-order valence-corrected chi connectivity index (χ4v) is 1.46. The number of amidine groups is 1. The molecule has 0 bridgehead atoms. The Bertz CT molecular complexity index is 317. The van der Waals surface area contributed by atoms with Crippen molar-refractivity contribution in [2.45, 2.75) is 32.2 Å². The fourth-order valence-electron chi connectivity index (χ4n) is 1.46. The predicted molar refractivity (Wildman–Crippen MR) is 59.6 cm³/mol. The number of unbranched alkanes of at least 4 members (excludes halogenated alkanes) is 1. The summed E-state index contributed by atoms with van der Waals surface area (Å²) in [5, 5.41) is 11.0. The van der Waals surface area contributed by atoms with Gasteiger partial charge >= 0.3 is 5.97 Å². The van der Waals surface area contributed by atoms with E-state index in [1.54, 1.807) is 6.92 Å². The Kier molecular flexibility index (Phi) is 5.41. The van der Waals surface area contributed by atoms with E-state index in [0.717, 1.165) is 12.8 Å². The molecule has 1 atom stereocenters. The first-order valence-corrected chi connectivity index (χ1v) is 5.50. The molecule has 7 heteroatoms. The summed E-state index contributed by atoms with van der Waals surface area (Å²) in [4.78, 5) is 26.3. The van der Waals surface area contributed by atoms with Crippen LogP contribution in [0.3, 0.4) is 0 Å². The number of hydrogen-bond acceptors (Lipinski definition) is 5. The van der Waals surface area contributed by atoms with Gasteiger partial charge in [0.1, 0.15) is 11.9 Å². The zero-order valence-corrected chi connectivity index (χ0v) is 9.73. The SMILES string of the molecule is CC(=NCCCCC1NC(=O)COC1=O)NO. The summed E-state index contributed by atoms with van der Waals surface area (Å²) in [5.74, 6) is -0.176. The molecule has 1 unspecified atom stereocenters. The zero-order chi connectivity index (χ0) is 12.7. The van der Waals surface area contributed by atoms with Crippen LogP contribution in [0, 0.1) is 0 Å². The summed E-state index contributed by atoms with van der Waals surface area (Å²) in [6.07, 6.45) is 2.08. The number of carbonyl (C=O) groups excluding carboxylic acids is 2. The second-order valence-electron chi connectivity index (χ2n) is 3.80. The van der Waals surface area contributed by atoms with Crippen LogP contribution >= 0.6 is 0 Å². The molecule has 0 aromatic rings. The molecule has 1 aliphatic heterocycles. The number of amides is 1. The maximum absolute atomic E-state index is 11.3. The second-order valence-corrected chi connectivity index (χ2v) is 3.80. The van der Waals surface area contributed by atoms with Gasteiger partial charge in [-0.15, -0.1) is 0 Å². The quantitative estimate of drug-likeness (QED) is 0.200. The standard InChI is InChI=1S/C10H17N3O4/c1-7(13-16)11-5-3-2-4-8-10(15)17-6-9(14)12-8/h8,16H,2-6H2,1H3,(H,11,13)(H,12,14). The molecule has 0 saturated carbocycles. The van der Waals surface area contributed by atoms with Gasteiger partial charge in [0, 0.05) is 6.54 Å². The molecule has 1 rings (SSSR count). The number of morpholine rings is 1. The maximum Gasteiger partial charge on any atom is 0.329 e. The van der Waals surface area contributed by atoms with Crippen LogP contribution in [0.1, 0.15) is 26.2 Å². The van der Waals surface area contributed by atoms with E-state index in [1.165, 1.54) is 0 Å². The third kappa shape index (κ3) is 4.81. The van der Waals surface area contributed by atoms with Crippen molar-refractivity contribution < 1.29 is 19.5 Å². The van der Waals surface area contributed by atoms with E-state index >= 15 is 0 Å². The molecule has 1 aliphatic rings. The average Bonchev–Trinajstić information content (AvgIpc) is 2.32. The van der Waals surface area contributed by atoms with E-state index in [2.05, 4.69) is 10.3 Å². The molecule has 0 aromatic carbocycles. The number of hydrogen-bond donors (Lipinski definition) is 3. The summed E-state index contributed by atoms with van der Waals surface area (Å²) >= 11 is 0. The molecule has 1 heterocycles. The Balaban J connectivity index is 2.17. The molecule has 0 spiro atoms. The van der Waals surface area contributed by atoms with Crippen molar-refractivity contribution >= 4 is 17.7 Å². The van der Waals surface area contributed by atoms with Crippen LogP contribution in [0.5, 0.6) is 0 Å². The van der Waals surface area contributed by atoms with Crippen molar-refractivity contribution in [1.82, 2.24) is 10.8 Å². The minimum atomic E-state index is -0.530. The number of aliphatic imine (C=N–C) groups is 1. The Morgan fingerprint density at radius 1 is 1.59 bits per heavy atom. The number of nitrogens with one attached hydrogen (secondary N) is 2. The van der Waals surface area contributed by atoms with Crippen molar-refractivity contribution in [1.29, 1.82) is 0 Å². The highest BCUT2D eigenvalue weighted by Crippen LogP contribution is 2.06. The first kappa shape index (κ1) is 13.4. The largest absolute Gasteiger partial charge is 0.454 e. The lowest BCUT2D eigenvalue weighted by atomic mass is 10.1. The minimum Gasteiger partial charge on any atom is -0.454 e. The summed E-state index contributed by atoms with van der Waals surface area (Å²) in [5.41, 5.74) is 1.94. The third-order valence-electron chi connectivity index (χ3n) is 2.38. The van der Waals surface area contributed by atoms with Crippen molar-refractivity contribution in [3.8, 4) is 0 Å². The smallest absolute Gasteiger partial charge is 0.329 e. The highest BCUT2D eigenvalue weighted by atomic mass is 16.5. The van der Waals surface area contributed by atoms with Crippen molar-refractivity contribution in [3.05, 3.63) is 0 Å². The van der Waals surface area contributed by atoms with Crippen LogP contribution < -0.4 is 10.8 Å². The highest BCUT2D eigenvalue weighted by Gasteiger charge is 2.27. The number of cyclic esters (lactones) is 1. The van der Waals surface area contributed by atoms with Gasteiger partial charge in [-0.1, -0.05) is 0 Å². The summed E-state index contributed by atoms with van der Waals surface area (Å²) in [6.45, 7) is 2.04. The first-order valence-electron chi connectivity index (χ1n) is 5.50. The lowest BCUT2D eigenvalue weighted by Gasteiger charge is -2.21. The Morgan fingerprint density at radius 3 is 3.06 bits per heavy atom. The Labute approximate surface area is 99.2 Å². The average molecular weight is 243 g/mol. The van der Waals surface area contributed by atoms with Gasteiger partial charge in [-0.05, 0) is 26.2 Å². The van der Waals surface area contributed by atoms with Crippen LogP contribution in [0.15, 0.2) is 4.99 Å². The van der Waals surface area contributed by atoms with E-state index in [0.29, 0.717) is 18.8 Å². The van der Waals surface area contributed by atoms with Crippen LogP contribution in [0.4, 0.5) is 0 Å². The fraction of sp³-hybridized carbons (Fsp3) is 0.700. The minimum absolute atomic E-state index is 0.180. The highest BCUT2D eigenvalue weighted by molar-refractivity contribution is 5.90. The molecule has 1 amide bonds. The molecule has 96 valence electrons. The molecule has 1 fully saturated rings. The van der Waals surface area contributed by atoms with Gasteiger partial charge < -0.3 is 10.1 Å². The van der Waals surface area contributed by atoms with Crippen LogP contribution in [-0.4, -0.2) is 42.1 Å². The van der Waals surface area contributed by atoms with Gasteiger partial charge in [0.25, 0.3) is 5.91 Å². The molecule has 3 N–H and O–H groups in total. The van der Waals surface area contributed by atoms with E-state index in [1.807, 2.05) is 5.48 Å². The summed E-state index contributed by atoms with van der Waals surface area (Å²) in [7, 11) is 0. The number of hydroxylamine groups is 1. The lowest BCUT2D eigenvalue weighted by Crippen LogP contribution is -2.49. The summed E-state index contributed by atoms with van der Waals surface area (Å²) in [6, 6.07) is -0.530. The van der Waals surface area contributed by atoms with Crippen LogP contribution in [-0.2, 0) is 14.3 Å². The molecule has 0 radical (unpaired) electrons. The monoisotopic (exact) mass is 243 g/mol. The molecule has 0 aromatic heterocycles. The molecular formula is C10H17N3O4. The van der Waals surface area contributed by atoms with E-state index in [-0.39, 0.29) is 18.5 Å². The van der Waals surface area contributed by atoms with Gasteiger partial charge in [0.05, 0.1) is 0 Å². The van der Waals surface area contributed by atoms with Crippen molar-refractivity contribution in [2.75, 3.05) is 13.2 Å². The summed E-state index contributed by atoms with van der Waals surface area (Å²) < 4.78 is 4.69. The normalized spacial score (nSPS) is 20.8. The van der Waals surface area contributed by atoms with E-state index in [4.69, 9.17) is 9.94 Å². The van der Waals surface area contributed by atoms with E-state index < -0.39 is 6.04 Å². The van der Waals surface area contributed by atoms with Gasteiger partial charge in [-0.25, -0.2) is 4.79 Å². The van der Waals surface area contributed by atoms with Crippen molar-refractivity contribution in [2.24, 2.45) is 4.99 Å². The molecule has 7 nitrogen and oxygen atoms in total. The van der Waals surface area contributed by atoms with Crippen molar-refractivity contribution in [3.63, 3.8) is 0 Å². The van der Waals surface area contributed by atoms with Gasteiger partial charge in [-0.2, -0.15) is 0 Å².